The van der Waals surface area contributed by atoms with Gasteiger partial charge >= 0.3 is 0 Å². The molecule has 104 valence electrons. The fourth-order valence-electron chi connectivity index (χ4n) is 2.71. The van der Waals surface area contributed by atoms with Crippen LogP contribution in [-0.4, -0.2) is 22.1 Å². The number of fused-ring (bicyclic) bond motifs is 1. The quantitative estimate of drug-likeness (QED) is 0.870. The van der Waals surface area contributed by atoms with Gasteiger partial charge < -0.3 is 14.6 Å². The molecular weight excluding hydrogens is 320 g/mol. The Bertz CT molecular complexity index is 679. The largest absolute Gasteiger partial charge is 0.506 e. The maximum absolute atomic E-state index is 12.7. The number of amides is 1. The molecule has 0 aliphatic carbocycles. The minimum absolute atomic E-state index is 0.0827. The van der Waals surface area contributed by atoms with Crippen molar-refractivity contribution >= 4 is 27.5 Å². The zero-order chi connectivity index (χ0) is 14.3. The Morgan fingerprint density at radius 2 is 2.20 bits per heavy atom. The van der Waals surface area contributed by atoms with Crippen molar-refractivity contribution in [2.75, 3.05) is 11.4 Å². The normalized spacial score (nSPS) is 14.2. The molecule has 0 saturated carbocycles. The van der Waals surface area contributed by atoms with E-state index >= 15 is 0 Å². The Morgan fingerprint density at radius 1 is 1.40 bits per heavy atom. The zero-order valence-corrected chi connectivity index (χ0v) is 12.7. The molecule has 1 N–H and O–H groups in total. The molecule has 0 atom stereocenters. The highest BCUT2D eigenvalue weighted by molar-refractivity contribution is 9.10. The third kappa shape index (κ3) is 2.12. The lowest BCUT2D eigenvalue weighted by Gasteiger charge is -2.30. The van der Waals surface area contributed by atoms with Crippen molar-refractivity contribution in [3.63, 3.8) is 0 Å². The molecule has 3 rings (SSSR count). The van der Waals surface area contributed by atoms with Crippen LogP contribution in [0.1, 0.15) is 22.5 Å². The van der Waals surface area contributed by atoms with Gasteiger partial charge in [-0.3, -0.25) is 4.79 Å². The van der Waals surface area contributed by atoms with Crippen LogP contribution in [0.5, 0.6) is 5.75 Å². The number of phenols is 1. The Balaban J connectivity index is 2.05. The summed E-state index contributed by atoms with van der Waals surface area (Å²) in [4.78, 5) is 14.4. The number of halogens is 1. The van der Waals surface area contributed by atoms with Gasteiger partial charge in [-0.25, -0.2) is 0 Å². The summed E-state index contributed by atoms with van der Waals surface area (Å²) in [5, 5.41) is 10.1. The summed E-state index contributed by atoms with van der Waals surface area (Å²) in [5.41, 5.74) is 2.28. The smallest absolute Gasteiger partial charge is 0.275 e. The molecule has 0 fully saturated rings. The first-order chi connectivity index (χ1) is 9.58. The first-order valence-electron chi connectivity index (χ1n) is 6.52. The molecule has 1 aromatic heterocycles. The summed E-state index contributed by atoms with van der Waals surface area (Å²) in [5.74, 6) is 0.0875. The molecule has 1 aliphatic rings. The number of anilines is 1. The number of aromatic hydroxyl groups is 1. The van der Waals surface area contributed by atoms with E-state index in [-0.39, 0.29) is 11.7 Å². The SMILES string of the molecule is Cn1cc(Br)cc1C(=O)N1CCCc2cccc(O)c21. The van der Waals surface area contributed by atoms with Crippen molar-refractivity contribution in [3.8, 4) is 5.75 Å². The number of phenolic OH excluding ortho intramolecular Hbond substituents is 1. The summed E-state index contributed by atoms with van der Waals surface area (Å²) in [6.45, 7) is 0.631. The first kappa shape index (κ1) is 13.2. The maximum atomic E-state index is 12.7. The number of hydrogen-bond acceptors (Lipinski definition) is 2. The predicted molar refractivity (Wildman–Crippen MR) is 81.2 cm³/mol. The molecule has 5 heteroatoms. The average Bonchev–Trinajstić information content (AvgIpc) is 2.77. The number of carbonyl (C=O) groups excluding carboxylic acids is 1. The number of para-hydroxylation sites is 1. The molecule has 1 amide bonds. The van der Waals surface area contributed by atoms with Gasteiger partial charge in [0.1, 0.15) is 11.4 Å². The average molecular weight is 335 g/mol. The van der Waals surface area contributed by atoms with Crippen LogP contribution in [-0.2, 0) is 13.5 Å². The maximum Gasteiger partial charge on any atom is 0.275 e. The number of benzene rings is 1. The van der Waals surface area contributed by atoms with E-state index < -0.39 is 0 Å². The second kappa shape index (κ2) is 4.98. The summed E-state index contributed by atoms with van der Waals surface area (Å²) in [6.07, 6.45) is 3.65. The highest BCUT2D eigenvalue weighted by Crippen LogP contribution is 2.36. The summed E-state index contributed by atoms with van der Waals surface area (Å²) in [6, 6.07) is 7.22. The van der Waals surface area contributed by atoms with Gasteiger partial charge in [0.2, 0.25) is 0 Å². The van der Waals surface area contributed by atoms with Crippen LogP contribution in [0.25, 0.3) is 0 Å². The van der Waals surface area contributed by atoms with E-state index in [1.807, 2.05) is 25.4 Å². The Hall–Kier alpha value is -1.75. The molecule has 0 radical (unpaired) electrons. The minimum Gasteiger partial charge on any atom is -0.506 e. The van der Waals surface area contributed by atoms with E-state index in [0.717, 1.165) is 22.9 Å². The highest BCUT2D eigenvalue weighted by Gasteiger charge is 2.27. The summed E-state index contributed by atoms with van der Waals surface area (Å²) in [7, 11) is 1.84. The van der Waals surface area contributed by atoms with Crippen molar-refractivity contribution in [1.29, 1.82) is 0 Å². The Morgan fingerprint density at radius 3 is 2.90 bits per heavy atom. The summed E-state index contributed by atoms with van der Waals surface area (Å²) >= 11 is 3.38. The molecule has 0 spiro atoms. The second-order valence-corrected chi connectivity index (χ2v) is 5.92. The lowest BCUT2D eigenvalue weighted by atomic mass is 10.0. The second-order valence-electron chi connectivity index (χ2n) is 5.00. The van der Waals surface area contributed by atoms with E-state index in [2.05, 4.69) is 15.9 Å². The third-order valence-electron chi connectivity index (χ3n) is 3.63. The molecule has 20 heavy (non-hydrogen) atoms. The van der Waals surface area contributed by atoms with Gasteiger partial charge in [0.05, 0.1) is 5.69 Å². The number of carbonyl (C=O) groups is 1. The van der Waals surface area contributed by atoms with Crippen molar-refractivity contribution < 1.29 is 9.90 Å². The molecule has 0 saturated heterocycles. The fraction of sp³-hybridized carbons (Fsp3) is 0.267. The number of rotatable bonds is 1. The van der Waals surface area contributed by atoms with Crippen molar-refractivity contribution in [2.24, 2.45) is 7.05 Å². The van der Waals surface area contributed by atoms with Crippen LogP contribution in [0.2, 0.25) is 0 Å². The van der Waals surface area contributed by atoms with Crippen molar-refractivity contribution in [2.45, 2.75) is 12.8 Å². The third-order valence-corrected chi connectivity index (χ3v) is 4.07. The van der Waals surface area contributed by atoms with E-state index in [0.29, 0.717) is 17.9 Å². The van der Waals surface area contributed by atoms with E-state index in [1.165, 1.54) is 0 Å². The minimum atomic E-state index is -0.0827. The molecule has 4 nitrogen and oxygen atoms in total. The van der Waals surface area contributed by atoms with E-state index in [1.54, 1.807) is 21.6 Å². The topological polar surface area (TPSA) is 45.5 Å². The van der Waals surface area contributed by atoms with Gasteiger partial charge in [0.25, 0.3) is 5.91 Å². The van der Waals surface area contributed by atoms with Crippen molar-refractivity contribution in [1.82, 2.24) is 4.57 Å². The van der Waals surface area contributed by atoms with Crippen LogP contribution in [0.4, 0.5) is 5.69 Å². The monoisotopic (exact) mass is 334 g/mol. The van der Waals surface area contributed by atoms with Gasteiger partial charge in [-0.1, -0.05) is 12.1 Å². The number of hydrogen-bond donors (Lipinski definition) is 1. The molecule has 0 bridgehead atoms. The van der Waals surface area contributed by atoms with Gasteiger partial charge in [0, 0.05) is 24.3 Å². The van der Waals surface area contributed by atoms with E-state index in [4.69, 9.17) is 0 Å². The molecule has 1 aliphatic heterocycles. The van der Waals surface area contributed by atoms with Gasteiger partial charge in [-0.2, -0.15) is 0 Å². The van der Waals surface area contributed by atoms with Gasteiger partial charge in [0.15, 0.2) is 0 Å². The zero-order valence-electron chi connectivity index (χ0n) is 11.1. The van der Waals surface area contributed by atoms with E-state index in [9.17, 15) is 9.90 Å². The van der Waals surface area contributed by atoms with Crippen LogP contribution in [0.15, 0.2) is 34.9 Å². The van der Waals surface area contributed by atoms with Gasteiger partial charge in [-0.05, 0) is 46.5 Å². The molecule has 0 unspecified atom stereocenters. The molecule has 2 heterocycles. The number of aryl methyl sites for hydroxylation is 2. The number of aromatic nitrogens is 1. The lowest BCUT2D eigenvalue weighted by Crippen LogP contribution is -2.36. The molecular formula is C15H15BrN2O2. The molecule has 2 aromatic rings. The fourth-order valence-corrected chi connectivity index (χ4v) is 3.23. The van der Waals surface area contributed by atoms with Crippen LogP contribution < -0.4 is 4.90 Å². The molecule has 1 aromatic carbocycles. The van der Waals surface area contributed by atoms with Gasteiger partial charge in [-0.15, -0.1) is 0 Å². The van der Waals surface area contributed by atoms with Crippen LogP contribution in [0, 0.1) is 0 Å². The Labute approximate surface area is 125 Å². The predicted octanol–water partition coefficient (Wildman–Crippen LogP) is 3.09. The van der Waals surface area contributed by atoms with Crippen LogP contribution >= 0.6 is 15.9 Å². The Kier molecular flexibility index (Phi) is 3.30. The number of nitrogens with zero attached hydrogens (tertiary/aromatic N) is 2. The van der Waals surface area contributed by atoms with Crippen molar-refractivity contribution in [3.05, 3.63) is 46.2 Å². The lowest BCUT2D eigenvalue weighted by molar-refractivity contribution is 0.0976. The standard InChI is InChI=1S/C15H15BrN2O2/c1-17-9-11(16)8-12(17)15(20)18-7-3-5-10-4-2-6-13(19)14(10)18/h2,4,6,8-9,19H,3,5,7H2,1H3. The summed E-state index contributed by atoms with van der Waals surface area (Å²) < 4.78 is 2.67. The first-order valence-corrected chi connectivity index (χ1v) is 7.32. The highest BCUT2D eigenvalue weighted by atomic mass is 79.9. The van der Waals surface area contributed by atoms with Crippen LogP contribution in [0.3, 0.4) is 0 Å².